The van der Waals surface area contributed by atoms with Crippen LogP contribution in [-0.2, 0) is 14.3 Å². The molecule has 0 amide bonds. The summed E-state index contributed by atoms with van der Waals surface area (Å²) in [5.74, 6) is -1.44. The van der Waals surface area contributed by atoms with Gasteiger partial charge >= 0.3 is 5.97 Å². The SMILES string of the molecule is COC(=O)C(C(=O)C(C)(C)C)c1c(C)cc(C)cc1C. The number of methoxy groups -OCH3 is 1. The van der Waals surface area contributed by atoms with Gasteiger partial charge in [-0.1, -0.05) is 38.5 Å². The van der Waals surface area contributed by atoms with Crippen LogP contribution in [0.1, 0.15) is 48.9 Å². The standard InChI is InChI=1S/C17H24O3/c1-10-8-11(2)13(12(3)9-10)14(16(19)20-7)15(18)17(4,5)6/h8-9,14H,1-7H3. The van der Waals surface area contributed by atoms with Crippen molar-refractivity contribution < 1.29 is 14.3 Å². The summed E-state index contributed by atoms with van der Waals surface area (Å²) in [7, 11) is 1.32. The van der Waals surface area contributed by atoms with Gasteiger partial charge in [0.2, 0.25) is 0 Å². The molecule has 0 N–H and O–H groups in total. The molecule has 0 fully saturated rings. The highest BCUT2D eigenvalue weighted by atomic mass is 16.5. The average Bonchev–Trinajstić information content (AvgIpc) is 2.30. The van der Waals surface area contributed by atoms with Crippen molar-refractivity contribution in [2.24, 2.45) is 5.41 Å². The number of benzene rings is 1. The molecule has 1 aromatic carbocycles. The van der Waals surface area contributed by atoms with E-state index >= 15 is 0 Å². The minimum Gasteiger partial charge on any atom is -0.468 e. The quantitative estimate of drug-likeness (QED) is 0.627. The summed E-state index contributed by atoms with van der Waals surface area (Å²) < 4.78 is 4.86. The first-order valence-corrected chi connectivity index (χ1v) is 6.79. The normalized spacial score (nSPS) is 12.9. The summed E-state index contributed by atoms with van der Waals surface area (Å²) in [6.45, 7) is 11.3. The lowest BCUT2D eigenvalue weighted by molar-refractivity contribution is -0.147. The highest BCUT2D eigenvalue weighted by Crippen LogP contribution is 2.32. The van der Waals surface area contributed by atoms with Crippen molar-refractivity contribution in [1.82, 2.24) is 0 Å². The van der Waals surface area contributed by atoms with Crippen molar-refractivity contribution in [1.29, 1.82) is 0 Å². The van der Waals surface area contributed by atoms with Gasteiger partial charge in [-0.3, -0.25) is 9.59 Å². The van der Waals surface area contributed by atoms with Crippen LogP contribution < -0.4 is 0 Å². The number of aryl methyl sites for hydroxylation is 3. The van der Waals surface area contributed by atoms with Gasteiger partial charge in [-0.05, 0) is 37.5 Å². The number of hydrogen-bond donors (Lipinski definition) is 0. The molecule has 3 heteroatoms. The molecule has 1 atom stereocenters. The molecule has 3 nitrogen and oxygen atoms in total. The van der Waals surface area contributed by atoms with Crippen LogP contribution >= 0.6 is 0 Å². The summed E-state index contributed by atoms with van der Waals surface area (Å²) in [5, 5.41) is 0. The second-order valence-corrected chi connectivity index (χ2v) is 6.38. The van der Waals surface area contributed by atoms with Gasteiger partial charge in [0.05, 0.1) is 7.11 Å². The van der Waals surface area contributed by atoms with E-state index in [0.29, 0.717) is 0 Å². The Balaban J connectivity index is 3.48. The summed E-state index contributed by atoms with van der Waals surface area (Å²) in [4.78, 5) is 24.8. The van der Waals surface area contributed by atoms with Crippen molar-refractivity contribution in [3.05, 3.63) is 34.4 Å². The predicted octanol–water partition coefficient (Wildman–Crippen LogP) is 3.48. The van der Waals surface area contributed by atoms with E-state index in [4.69, 9.17) is 4.74 Å². The molecule has 0 bridgehead atoms. The first kappa shape index (κ1) is 16.4. The van der Waals surface area contributed by atoms with Crippen LogP contribution in [0.2, 0.25) is 0 Å². The number of ether oxygens (including phenoxy) is 1. The molecule has 0 aliphatic carbocycles. The molecule has 1 aromatic rings. The van der Waals surface area contributed by atoms with Crippen LogP contribution in [0.15, 0.2) is 12.1 Å². The summed E-state index contributed by atoms with van der Waals surface area (Å²) in [5.41, 5.74) is 3.21. The van der Waals surface area contributed by atoms with Gasteiger partial charge in [0, 0.05) is 5.41 Å². The molecular formula is C17H24O3. The van der Waals surface area contributed by atoms with Gasteiger partial charge in [-0.25, -0.2) is 0 Å². The van der Waals surface area contributed by atoms with E-state index < -0.39 is 17.3 Å². The fourth-order valence-electron chi connectivity index (χ4n) is 2.55. The Bertz CT molecular complexity index is 513. The Hall–Kier alpha value is -1.64. The van der Waals surface area contributed by atoms with Crippen molar-refractivity contribution >= 4 is 11.8 Å². The minimum atomic E-state index is -0.847. The maximum absolute atomic E-state index is 12.7. The number of rotatable bonds is 3. The summed E-state index contributed by atoms with van der Waals surface area (Å²) in [6, 6.07) is 3.99. The van der Waals surface area contributed by atoms with Gasteiger partial charge in [-0.2, -0.15) is 0 Å². The lowest BCUT2D eigenvalue weighted by atomic mass is 9.77. The van der Waals surface area contributed by atoms with Gasteiger partial charge in [0.25, 0.3) is 0 Å². The van der Waals surface area contributed by atoms with Crippen LogP contribution in [0.4, 0.5) is 0 Å². The average molecular weight is 276 g/mol. The van der Waals surface area contributed by atoms with Gasteiger partial charge < -0.3 is 4.74 Å². The van der Waals surface area contributed by atoms with E-state index in [1.807, 2.05) is 53.7 Å². The van der Waals surface area contributed by atoms with E-state index in [1.165, 1.54) is 7.11 Å². The lowest BCUT2D eigenvalue weighted by Crippen LogP contribution is -2.33. The molecule has 0 heterocycles. The number of esters is 1. The van der Waals surface area contributed by atoms with Gasteiger partial charge in [-0.15, -0.1) is 0 Å². The Morgan fingerprint density at radius 3 is 1.85 bits per heavy atom. The van der Waals surface area contributed by atoms with E-state index in [0.717, 1.165) is 22.3 Å². The minimum absolute atomic E-state index is 0.112. The molecule has 0 saturated carbocycles. The van der Waals surface area contributed by atoms with Crippen LogP contribution in [0.3, 0.4) is 0 Å². The smallest absolute Gasteiger partial charge is 0.320 e. The zero-order chi connectivity index (χ0) is 15.7. The molecule has 20 heavy (non-hydrogen) atoms. The Morgan fingerprint density at radius 1 is 1.05 bits per heavy atom. The molecule has 0 saturated heterocycles. The predicted molar refractivity (Wildman–Crippen MR) is 79.9 cm³/mol. The van der Waals surface area contributed by atoms with Gasteiger partial charge in [0.1, 0.15) is 5.92 Å². The molecule has 0 radical (unpaired) electrons. The van der Waals surface area contributed by atoms with E-state index in [1.54, 1.807) is 0 Å². The monoisotopic (exact) mass is 276 g/mol. The third-order valence-corrected chi connectivity index (χ3v) is 3.46. The number of carbonyl (C=O) groups is 2. The van der Waals surface area contributed by atoms with E-state index in [-0.39, 0.29) is 5.78 Å². The Morgan fingerprint density at radius 2 is 1.50 bits per heavy atom. The largest absolute Gasteiger partial charge is 0.468 e. The van der Waals surface area contributed by atoms with Crippen LogP contribution in [-0.4, -0.2) is 18.9 Å². The van der Waals surface area contributed by atoms with Crippen molar-refractivity contribution in [2.75, 3.05) is 7.11 Å². The number of Topliss-reactive ketones (excluding diaryl/α,β-unsaturated/α-hetero) is 1. The number of ketones is 1. The van der Waals surface area contributed by atoms with Crippen molar-refractivity contribution in [2.45, 2.75) is 47.5 Å². The van der Waals surface area contributed by atoms with Crippen LogP contribution in [0.25, 0.3) is 0 Å². The maximum atomic E-state index is 12.7. The Labute approximate surface area is 121 Å². The molecule has 110 valence electrons. The highest BCUT2D eigenvalue weighted by Gasteiger charge is 2.38. The zero-order valence-corrected chi connectivity index (χ0v) is 13.5. The molecule has 0 spiro atoms. The molecule has 1 unspecified atom stereocenters. The molecule has 0 aliphatic heterocycles. The summed E-state index contributed by atoms with van der Waals surface area (Å²) >= 11 is 0. The maximum Gasteiger partial charge on any atom is 0.320 e. The molecule has 0 aromatic heterocycles. The van der Waals surface area contributed by atoms with Crippen molar-refractivity contribution in [3.8, 4) is 0 Å². The summed E-state index contributed by atoms with van der Waals surface area (Å²) in [6.07, 6.45) is 0. The van der Waals surface area contributed by atoms with Crippen molar-refractivity contribution in [3.63, 3.8) is 0 Å². The first-order chi connectivity index (χ1) is 9.09. The highest BCUT2D eigenvalue weighted by molar-refractivity contribution is 6.07. The molecule has 1 rings (SSSR count). The lowest BCUT2D eigenvalue weighted by Gasteiger charge is -2.25. The fraction of sp³-hybridized carbons (Fsp3) is 0.529. The van der Waals surface area contributed by atoms with E-state index in [2.05, 4.69) is 0 Å². The first-order valence-electron chi connectivity index (χ1n) is 6.79. The topological polar surface area (TPSA) is 43.4 Å². The third kappa shape index (κ3) is 3.27. The Kier molecular flexibility index (Phi) is 4.74. The molecule has 0 aliphatic rings. The van der Waals surface area contributed by atoms with Crippen LogP contribution in [0.5, 0.6) is 0 Å². The second kappa shape index (κ2) is 5.78. The second-order valence-electron chi connectivity index (χ2n) is 6.38. The molecular weight excluding hydrogens is 252 g/mol. The van der Waals surface area contributed by atoms with Crippen LogP contribution in [0, 0.1) is 26.2 Å². The number of hydrogen-bond acceptors (Lipinski definition) is 3. The van der Waals surface area contributed by atoms with Gasteiger partial charge in [0.15, 0.2) is 5.78 Å². The zero-order valence-electron chi connectivity index (χ0n) is 13.5. The fourth-order valence-corrected chi connectivity index (χ4v) is 2.55. The van der Waals surface area contributed by atoms with E-state index in [9.17, 15) is 9.59 Å². The third-order valence-electron chi connectivity index (χ3n) is 3.46. The number of carbonyl (C=O) groups excluding carboxylic acids is 2.